The number of unbranched alkanes of at least 4 members (excludes halogenated alkanes) is 2. The van der Waals surface area contributed by atoms with E-state index in [1.165, 1.54) is 4.90 Å². The van der Waals surface area contributed by atoms with Crippen molar-refractivity contribution < 1.29 is 9.47 Å². The van der Waals surface area contributed by atoms with Gasteiger partial charge in [-0.1, -0.05) is 48.2 Å². The molecule has 0 radical (unpaired) electrons. The first-order chi connectivity index (χ1) is 13.3. The van der Waals surface area contributed by atoms with Crippen molar-refractivity contribution in [1.29, 1.82) is 5.26 Å². The first kappa shape index (κ1) is 23.8. The van der Waals surface area contributed by atoms with E-state index in [1.807, 2.05) is 31.7 Å². The maximum atomic E-state index is 8.60. The largest absolute Gasteiger partial charge is 0.352 e. The third-order valence-electron chi connectivity index (χ3n) is 3.59. The minimum Gasteiger partial charge on any atom is -0.352 e. The molecule has 0 N–H and O–H groups in total. The number of hydrogen-bond donors (Lipinski definition) is 0. The molecule has 0 bridgehead atoms. The number of benzene rings is 1. The molecule has 3 nitrogen and oxygen atoms in total. The molecule has 0 spiro atoms. The Kier molecular flexibility index (Phi) is 15.0. The number of allylic oxidation sites excluding steroid dienone is 2. The maximum Gasteiger partial charge on any atom is 0.166 e. The van der Waals surface area contributed by atoms with Crippen LogP contribution in [-0.4, -0.2) is 30.5 Å². The van der Waals surface area contributed by atoms with Gasteiger partial charge in [-0.3, -0.25) is 0 Å². The van der Waals surface area contributed by atoms with E-state index >= 15 is 0 Å². The fraction of sp³-hybridized carbons (Fsp3) is 0.500. The van der Waals surface area contributed by atoms with Crippen molar-refractivity contribution in [3.63, 3.8) is 0 Å². The molecule has 0 amide bonds. The second kappa shape index (κ2) is 16.9. The Morgan fingerprint density at radius 3 is 2.52 bits per heavy atom. The average molecular weight is 406 g/mol. The highest BCUT2D eigenvalue weighted by Gasteiger charge is 2.12. The van der Waals surface area contributed by atoms with Crippen LogP contribution in [0.2, 0.25) is 0 Å². The minimum absolute atomic E-state index is 0.151. The normalized spacial score (nSPS) is 12.8. The molecule has 0 saturated heterocycles. The fourth-order valence-corrected chi connectivity index (χ4v) is 4.14. The minimum atomic E-state index is -0.151. The van der Waals surface area contributed by atoms with Crippen molar-refractivity contribution in [2.75, 3.05) is 19.0 Å². The van der Waals surface area contributed by atoms with Crippen molar-refractivity contribution in [1.82, 2.24) is 0 Å². The maximum absolute atomic E-state index is 8.60. The molecule has 0 aliphatic rings. The van der Waals surface area contributed by atoms with Crippen molar-refractivity contribution in [2.45, 2.75) is 56.0 Å². The Balaban J connectivity index is 2.54. The van der Waals surface area contributed by atoms with E-state index in [0.717, 1.165) is 25.0 Å². The number of ether oxygens (including phenoxy) is 2. The lowest BCUT2D eigenvalue weighted by Gasteiger charge is -2.19. The predicted molar refractivity (Wildman–Crippen MR) is 118 cm³/mol. The van der Waals surface area contributed by atoms with E-state index in [-0.39, 0.29) is 6.29 Å². The lowest BCUT2D eigenvalue weighted by molar-refractivity contribution is -0.120. The number of rotatable bonds is 15. The fourth-order valence-electron chi connectivity index (χ4n) is 2.27. The topological polar surface area (TPSA) is 42.2 Å². The molecule has 1 rings (SSSR count). The van der Waals surface area contributed by atoms with E-state index in [2.05, 4.69) is 54.0 Å². The van der Waals surface area contributed by atoms with Crippen LogP contribution >= 0.6 is 23.5 Å². The van der Waals surface area contributed by atoms with E-state index in [9.17, 15) is 0 Å². The van der Waals surface area contributed by atoms with Gasteiger partial charge >= 0.3 is 0 Å². The summed E-state index contributed by atoms with van der Waals surface area (Å²) < 4.78 is 11.3. The van der Waals surface area contributed by atoms with Crippen molar-refractivity contribution >= 4 is 23.5 Å². The van der Waals surface area contributed by atoms with E-state index in [1.54, 1.807) is 11.8 Å². The summed E-state index contributed by atoms with van der Waals surface area (Å²) in [6.07, 6.45) is 10.0. The van der Waals surface area contributed by atoms with E-state index in [4.69, 9.17) is 14.7 Å². The van der Waals surface area contributed by atoms with Gasteiger partial charge in [0.2, 0.25) is 0 Å². The van der Waals surface area contributed by atoms with Crippen LogP contribution in [0, 0.1) is 11.3 Å². The number of nitrogens with zero attached hydrogens (tertiary/aromatic N) is 1. The Bertz CT molecular complexity index is 563. The molecule has 0 fully saturated rings. The van der Waals surface area contributed by atoms with Gasteiger partial charge in [0.05, 0.1) is 6.07 Å². The first-order valence-corrected chi connectivity index (χ1v) is 11.5. The SMILES string of the molecule is CCOC(CSC(C=CSc1ccccc1)CC=CCCCC#N)OCC. The highest BCUT2D eigenvalue weighted by Crippen LogP contribution is 2.24. The molecule has 1 aromatic rings. The molecule has 5 heteroatoms. The van der Waals surface area contributed by atoms with Gasteiger partial charge in [0.15, 0.2) is 6.29 Å². The Labute approximate surface area is 173 Å². The summed E-state index contributed by atoms with van der Waals surface area (Å²) in [6, 6.07) is 12.6. The molecule has 148 valence electrons. The van der Waals surface area contributed by atoms with Crippen molar-refractivity contribution in [3.8, 4) is 6.07 Å². The number of nitriles is 1. The summed E-state index contributed by atoms with van der Waals surface area (Å²) >= 11 is 3.60. The molecule has 0 aliphatic heterocycles. The number of hydrogen-bond acceptors (Lipinski definition) is 5. The lowest BCUT2D eigenvalue weighted by atomic mass is 10.2. The van der Waals surface area contributed by atoms with E-state index in [0.29, 0.717) is 24.9 Å². The van der Waals surface area contributed by atoms with Crippen molar-refractivity contribution in [3.05, 3.63) is 54.0 Å². The molecule has 1 atom stereocenters. The van der Waals surface area contributed by atoms with Crippen LogP contribution in [0.4, 0.5) is 0 Å². The summed E-state index contributed by atoms with van der Waals surface area (Å²) in [6.45, 7) is 5.31. The highest BCUT2D eigenvalue weighted by atomic mass is 32.2. The molecule has 27 heavy (non-hydrogen) atoms. The molecule has 1 aromatic carbocycles. The molecule has 0 saturated carbocycles. The summed E-state index contributed by atoms with van der Waals surface area (Å²) in [5.74, 6) is 0.814. The predicted octanol–water partition coefficient (Wildman–Crippen LogP) is 6.43. The van der Waals surface area contributed by atoms with Gasteiger partial charge in [0.25, 0.3) is 0 Å². The molecular formula is C22H31NO2S2. The van der Waals surface area contributed by atoms with Gasteiger partial charge in [-0.15, -0.1) is 11.8 Å². The van der Waals surface area contributed by atoms with Gasteiger partial charge in [0, 0.05) is 35.5 Å². The zero-order valence-corrected chi connectivity index (χ0v) is 18.0. The smallest absolute Gasteiger partial charge is 0.166 e. The Morgan fingerprint density at radius 2 is 1.85 bits per heavy atom. The van der Waals surface area contributed by atoms with Gasteiger partial charge in [-0.2, -0.15) is 5.26 Å². The lowest BCUT2D eigenvalue weighted by Crippen LogP contribution is -2.21. The second-order valence-corrected chi connectivity index (χ2v) is 7.98. The van der Waals surface area contributed by atoms with Crippen LogP contribution < -0.4 is 0 Å². The number of thioether (sulfide) groups is 2. The average Bonchev–Trinajstić information content (AvgIpc) is 2.69. The van der Waals surface area contributed by atoms with Crippen LogP contribution in [0.3, 0.4) is 0 Å². The monoisotopic (exact) mass is 405 g/mol. The molecule has 0 aromatic heterocycles. The van der Waals surface area contributed by atoms with Gasteiger partial charge in [0.1, 0.15) is 0 Å². The standard InChI is InChI=1S/C22H31NO2S2/c1-3-24-22(25-4-2)19-27-21(15-9-6-5-7-12-17-23)16-18-26-20-13-10-8-11-14-20/h6,8-11,13-14,16,18,21-22H,3-5,7,12,15,19H2,1-2H3. The van der Waals surface area contributed by atoms with Crippen LogP contribution in [0.25, 0.3) is 0 Å². The zero-order valence-electron chi connectivity index (χ0n) is 16.4. The van der Waals surface area contributed by atoms with Crippen LogP contribution in [0.5, 0.6) is 0 Å². The Hall–Kier alpha value is -1.19. The summed E-state index contributed by atoms with van der Waals surface area (Å²) in [5.41, 5.74) is 0. The van der Waals surface area contributed by atoms with Gasteiger partial charge in [-0.05, 0) is 50.7 Å². The molecule has 0 heterocycles. The summed E-state index contributed by atoms with van der Waals surface area (Å²) in [5, 5.41) is 11.1. The van der Waals surface area contributed by atoms with E-state index < -0.39 is 0 Å². The van der Waals surface area contributed by atoms with Crippen LogP contribution in [0.1, 0.15) is 39.5 Å². The molecular weight excluding hydrogens is 374 g/mol. The van der Waals surface area contributed by atoms with Gasteiger partial charge in [-0.25, -0.2) is 0 Å². The highest BCUT2D eigenvalue weighted by molar-refractivity contribution is 8.02. The van der Waals surface area contributed by atoms with Crippen molar-refractivity contribution in [2.24, 2.45) is 0 Å². The zero-order chi connectivity index (χ0) is 19.6. The Morgan fingerprint density at radius 1 is 1.11 bits per heavy atom. The van der Waals surface area contributed by atoms with Gasteiger partial charge < -0.3 is 9.47 Å². The summed E-state index contributed by atoms with van der Waals surface area (Å²) in [4.78, 5) is 1.24. The molecule has 1 unspecified atom stereocenters. The second-order valence-electron chi connectivity index (χ2n) is 5.73. The molecule has 0 aliphatic carbocycles. The quantitative estimate of drug-likeness (QED) is 0.145. The van der Waals surface area contributed by atoms with Crippen LogP contribution in [0.15, 0.2) is 58.9 Å². The summed E-state index contributed by atoms with van der Waals surface area (Å²) in [7, 11) is 0. The third-order valence-corrected chi connectivity index (χ3v) is 5.67. The third kappa shape index (κ3) is 12.8. The first-order valence-electron chi connectivity index (χ1n) is 9.55. The van der Waals surface area contributed by atoms with Crippen LogP contribution in [-0.2, 0) is 9.47 Å².